The molecule has 1 N–H and O–H groups in total. The van der Waals surface area contributed by atoms with Gasteiger partial charge in [-0.3, -0.25) is 9.59 Å². The number of aryl methyl sites for hydroxylation is 1. The summed E-state index contributed by atoms with van der Waals surface area (Å²) in [4.78, 5) is 25.3. The number of amides is 1. The van der Waals surface area contributed by atoms with Gasteiger partial charge in [0.1, 0.15) is 0 Å². The Labute approximate surface area is 187 Å². The number of rotatable bonds is 10. The Kier molecular flexibility index (Phi) is 7.84. The zero-order chi connectivity index (χ0) is 22.2. The Morgan fingerprint density at radius 3 is 2.45 bits per heavy atom. The van der Waals surface area contributed by atoms with Gasteiger partial charge in [0.15, 0.2) is 23.9 Å². The lowest BCUT2D eigenvalue weighted by atomic mass is 10.0. The average molecular weight is 438 g/mol. The minimum Gasteiger partial charge on any atom is -0.493 e. The molecule has 5 nitrogen and oxygen atoms in total. The lowest BCUT2D eigenvalue weighted by Gasteiger charge is -2.19. The first-order valence-corrected chi connectivity index (χ1v) is 11.1. The summed E-state index contributed by atoms with van der Waals surface area (Å²) in [5, 5.41) is 5.07. The van der Waals surface area contributed by atoms with E-state index < -0.39 is 0 Å². The summed E-state index contributed by atoms with van der Waals surface area (Å²) in [7, 11) is 1.50. The molecule has 0 fully saturated rings. The van der Waals surface area contributed by atoms with E-state index in [1.165, 1.54) is 19.6 Å². The van der Waals surface area contributed by atoms with Gasteiger partial charge in [-0.1, -0.05) is 43.7 Å². The van der Waals surface area contributed by atoms with Crippen LogP contribution < -0.4 is 14.8 Å². The first kappa shape index (κ1) is 22.6. The van der Waals surface area contributed by atoms with Crippen LogP contribution in [0.5, 0.6) is 11.5 Å². The molecule has 162 valence electrons. The summed E-state index contributed by atoms with van der Waals surface area (Å²) >= 11 is 1.60. The normalized spacial score (nSPS) is 11.6. The molecule has 6 heteroatoms. The summed E-state index contributed by atoms with van der Waals surface area (Å²) in [6.07, 6.45) is 2.13. The van der Waals surface area contributed by atoms with Crippen LogP contribution in [-0.4, -0.2) is 25.4 Å². The number of hydrogen-bond acceptors (Lipinski definition) is 5. The van der Waals surface area contributed by atoms with Gasteiger partial charge in [0.05, 0.1) is 13.2 Å². The van der Waals surface area contributed by atoms with Crippen LogP contribution in [0.2, 0.25) is 0 Å². The molecule has 0 saturated carbocycles. The van der Waals surface area contributed by atoms with E-state index in [2.05, 4.69) is 36.5 Å². The molecule has 2 aromatic carbocycles. The van der Waals surface area contributed by atoms with E-state index in [4.69, 9.17) is 9.47 Å². The Hall–Kier alpha value is -3.12. The van der Waals surface area contributed by atoms with Crippen LogP contribution in [0.15, 0.2) is 60.0 Å². The van der Waals surface area contributed by atoms with E-state index in [0.717, 1.165) is 23.3 Å². The number of hydrogen-bond donors (Lipinski definition) is 1. The number of carbonyl (C=O) groups excluding carboxylic acids is 2. The zero-order valence-electron chi connectivity index (χ0n) is 18.0. The van der Waals surface area contributed by atoms with Crippen molar-refractivity contribution in [1.82, 2.24) is 5.32 Å². The van der Waals surface area contributed by atoms with Gasteiger partial charge >= 0.3 is 0 Å². The van der Waals surface area contributed by atoms with Crippen LogP contribution >= 0.6 is 11.3 Å². The molecule has 0 aliphatic rings. The Balaban J connectivity index is 1.71. The van der Waals surface area contributed by atoms with Gasteiger partial charge in [-0.05, 0) is 54.1 Å². The van der Waals surface area contributed by atoms with Crippen LogP contribution in [0, 0.1) is 0 Å². The highest BCUT2D eigenvalue weighted by molar-refractivity contribution is 7.10. The van der Waals surface area contributed by atoms with Crippen molar-refractivity contribution in [2.24, 2.45) is 0 Å². The molecule has 1 amide bonds. The SMILES string of the molecule is CCCc1ccc(C(NC(=O)COc2ccc(C(C)=O)cc2OC)c2cccs2)cc1. The van der Waals surface area contributed by atoms with E-state index in [0.29, 0.717) is 17.1 Å². The van der Waals surface area contributed by atoms with E-state index in [1.807, 2.05) is 17.5 Å². The van der Waals surface area contributed by atoms with Crippen LogP contribution in [0.4, 0.5) is 0 Å². The maximum atomic E-state index is 12.7. The third-order valence-corrected chi connectivity index (χ3v) is 5.85. The lowest BCUT2D eigenvalue weighted by molar-refractivity contribution is -0.123. The zero-order valence-corrected chi connectivity index (χ0v) is 18.8. The molecule has 1 heterocycles. The third-order valence-electron chi connectivity index (χ3n) is 4.91. The van der Waals surface area contributed by atoms with Gasteiger partial charge in [-0.25, -0.2) is 0 Å². The number of Topliss-reactive ketones (excluding diaryl/α,β-unsaturated/α-hetero) is 1. The van der Waals surface area contributed by atoms with Crippen LogP contribution in [-0.2, 0) is 11.2 Å². The number of ketones is 1. The molecule has 0 saturated heterocycles. The van der Waals surface area contributed by atoms with E-state index in [9.17, 15) is 9.59 Å². The van der Waals surface area contributed by atoms with E-state index in [1.54, 1.807) is 29.5 Å². The minimum atomic E-state index is -0.242. The largest absolute Gasteiger partial charge is 0.493 e. The molecule has 1 atom stereocenters. The summed E-state index contributed by atoms with van der Waals surface area (Å²) in [5.74, 6) is 0.529. The lowest BCUT2D eigenvalue weighted by Crippen LogP contribution is -2.33. The highest BCUT2D eigenvalue weighted by atomic mass is 32.1. The number of thiophene rings is 1. The van der Waals surface area contributed by atoms with Crippen molar-refractivity contribution in [2.45, 2.75) is 32.7 Å². The highest BCUT2D eigenvalue weighted by Gasteiger charge is 2.19. The topological polar surface area (TPSA) is 64.6 Å². The molecule has 0 radical (unpaired) electrons. The van der Waals surface area contributed by atoms with Gasteiger partial charge in [0.25, 0.3) is 5.91 Å². The smallest absolute Gasteiger partial charge is 0.258 e. The van der Waals surface area contributed by atoms with Gasteiger partial charge in [0.2, 0.25) is 0 Å². The quantitative estimate of drug-likeness (QED) is 0.443. The molecule has 3 aromatic rings. The molecule has 3 rings (SSSR count). The van der Waals surface area contributed by atoms with Gasteiger partial charge in [0, 0.05) is 10.4 Å². The second-order valence-corrected chi connectivity index (χ2v) is 8.20. The van der Waals surface area contributed by atoms with E-state index >= 15 is 0 Å². The first-order chi connectivity index (χ1) is 15.0. The summed E-state index contributed by atoms with van der Waals surface area (Å²) in [5.41, 5.74) is 2.84. The standard InChI is InChI=1S/C25H27NO4S/c1-4-6-18-8-10-19(11-9-18)25(23-7-5-14-31-23)26-24(28)16-30-21-13-12-20(17(2)27)15-22(21)29-3/h5,7-15,25H,4,6,16H2,1-3H3,(H,26,28). The number of methoxy groups -OCH3 is 1. The van der Waals surface area contributed by atoms with Crippen molar-refractivity contribution in [2.75, 3.05) is 13.7 Å². The fourth-order valence-corrected chi connectivity index (χ4v) is 4.09. The van der Waals surface area contributed by atoms with Crippen molar-refractivity contribution in [3.63, 3.8) is 0 Å². The molecular weight excluding hydrogens is 410 g/mol. The summed E-state index contributed by atoms with van der Waals surface area (Å²) in [6, 6.07) is 17.0. The van der Waals surface area contributed by atoms with Crippen LogP contribution in [0.1, 0.15) is 52.7 Å². The van der Waals surface area contributed by atoms with Gasteiger partial charge in [-0.2, -0.15) is 0 Å². The maximum Gasteiger partial charge on any atom is 0.258 e. The number of carbonyl (C=O) groups is 2. The predicted octanol–water partition coefficient (Wildman–Crippen LogP) is 5.20. The van der Waals surface area contributed by atoms with Gasteiger partial charge < -0.3 is 14.8 Å². The Morgan fingerprint density at radius 2 is 1.84 bits per heavy atom. The molecular formula is C25H27NO4S. The second-order valence-electron chi connectivity index (χ2n) is 7.22. The minimum absolute atomic E-state index is 0.0636. The maximum absolute atomic E-state index is 12.7. The van der Waals surface area contributed by atoms with Crippen LogP contribution in [0.3, 0.4) is 0 Å². The van der Waals surface area contributed by atoms with Crippen molar-refractivity contribution < 1.29 is 19.1 Å². The average Bonchev–Trinajstić information content (AvgIpc) is 3.31. The van der Waals surface area contributed by atoms with Crippen molar-refractivity contribution in [3.8, 4) is 11.5 Å². The predicted molar refractivity (Wildman–Crippen MR) is 123 cm³/mol. The molecule has 0 aliphatic carbocycles. The summed E-state index contributed by atoms with van der Waals surface area (Å²) in [6.45, 7) is 3.49. The molecule has 0 aliphatic heterocycles. The molecule has 31 heavy (non-hydrogen) atoms. The number of ether oxygens (including phenoxy) is 2. The van der Waals surface area contributed by atoms with E-state index in [-0.39, 0.29) is 24.3 Å². The fourth-order valence-electron chi connectivity index (χ4n) is 3.29. The monoisotopic (exact) mass is 437 g/mol. The Bertz CT molecular complexity index is 1010. The van der Waals surface area contributed by atoms with Crippen LogP contribution in [0.25, 0.3) is 0 Å². The third kappa shape index (κ3) is 5.95. The van der Waals surface area contributed by atoms with Crippen molar-refractivity contribution >= 4 is 23.0 Å². The Morgan fingerprint density at radius 1 is 1.06 bits per heavy atom. The molecule has 1 aromatic heterocycles. The molecule has 0 spiro atoms. The summed E-state index contributed by atoms with van der Waals surface area (Å²) < 4.78 is 11.0. The number of nitrogens with one attached hydrogen (secondary N) is 1. The van der Waals surface area contributed by atoms with Gasteiger partial charge in [-0.15, -0.1) is 11.3 Å². The highest BCUT2D eigenvalue weighted by Crippen LogP contribution is 2.29. The molecule has 0 bridgehead atoms. The number of benzene rings is 2. The second kappa shape index (κ2) is 10.8. The molecule has 1 unspecified atom stereocenters. The first-order valence-electron chi connectivity index (χ1n) is 10.2. The van der Waals surface area contributed by atoms with Crippen molar-refractivity contribution in [1.29, 1.82) is 0 Å². The van der Waals surface area contributed by atoms with Crippen molar-refractivity contribution in [3.05, 3.63) is 81.5 Å². The fraction of sp³-hybridized carbons (Fsp3) is 0.280.